The fourth-order valence-electron chi connectivity index (χ4n) is 1.44. The number of rotatable bonds is 6. The summed E-state index contributed by atoms with van der Waals surface area (Å²) in [5, 5.41) is 19.8. The van der Waals surface area contributed by atoms with Crippen LogP contribution in [0.4, 0.5) is 4.39 Å². The third-order valence-electron chi connectivity index (χ3n) is 2.43. The van der Waals surface area contributed by atoms with Crippen molar-refractivity contribution in [2.75, 3.05) is 6.61 Å². The minimum Gasteiger partial charge on any atom is -0.480 e. The van der Waals surface area contributed by atoms with Crippen LogP contribution in [0.5, 0.6) is 0 Å². The van der Waals surface area contributed by atoms with Crippen LogP contribution in [0.2, 0.25) is 5.02 Å². The van der Waals surface area contributed by atoms with E-state index in [0.29, 0.717) is 0 Å². The number of carbonyl (C=O) groups excluding carboxylic acids is 1. The molecule has 1 rings (SSSR count). The smallest absolute Gasteiger partial charge is 0.326 e. The molecular formula is C13H13ClFNO4. The number of aliphatic carboxylic acids is 1. The first-order valence-corrected chi connectivity index (χ1v) is 6.09. The molecule has 0 aliphatic heterocycles. The maximum Gasteiger partial charge on any atom is 0.326 e. The Bertz CT molecular complexity index is 513. The van der Waals surface area contributed by atoms with Crippen molar-refractivity contribution in [3.05, 3.63) is 40.7 Å². The first-order chi connectivity index (χ1) is 9.45. The van der Waals surface area contributed by atoms with E-state index in [-0.39, 0.29) is 23.6 Å². The average Bonchev–Trinajstić information content (AvgIpc) is 2.37. The number of carbonyl (C=O) groups is 2. The summed E-state index contributed by atoms with van der Waals surface area (Å²) in [5.74, 6) is -2.57. The number of halogens is 2. The monoisotopic (exact) mass is 301 g/mol. The van der Waals surface area contributed by atoms with Gasteiger partial charge >= 0.3 is 5.97 Å². The van der Waals surface area contributed by atoms with Crippen molar-refractivity contribution in [3.63, 3.8) is 0 Å². The number of aliphatic hydroxyl groups is 1. The lowest BCUT2D eigenvalue weighted by Gasteiger charge is -2.11. The van der Waals surface area contributed by atoms with E-state index in [2.05, 4.69) is 5.32 Å². The van der Waals surface area contributed by atoms with Gasteiger partial charge < -0.3 is 15.5 Å². The largest absolute Gasteiger partial charge is 0.480 e. The van der Waals surface area contributed by atoms with Gasteiger partial charge in [-0.25, -0.2) is 9.18 Å². The number of carboxylic acid groups (broad SMARTS) is 1. The van der Waals surface area contributed by atoms with E-state index in [0.717, 1.165) is 12.2 Å². The highest BCUT2D eigenvalue weighted by Gasteiger charge is 2.17. The molecule has 0 saturated carbocycles. The molecule has 1 aromatic carbocycles. The SMILES string of the molecule is O=C(/C=C/c1c(F)cccc1Cl)NC(CCO)C(=O)O. The van der Waals surface area contributed by atoms with Gasteiger partial charge in [-0.15, -0.1) is 0 Å². The number of amides is 1. The van der Waals surface area contributed by atoms with Crippen LogP contribution in [-0.4, -0.2) is 34.7 Å². The molecule has 0 aromatic heterocycles. The van der Waals surface area contributed by atoms with Gasteiger partial charge in [-0.2, -0.15) is 0 Å². The Morgan fingerprint density at radius 3 is 2.70 bits per heavy atom. The average molecular weight is 302 g/mol. The highest BCUT2D eigenvalue weighted by atomic mass is 35.5. The number of aliphatic hydroxyl groups excluding tert-OH is 1. The predicted molar refractivity (Wildman–Crippen MR) is 71.7 cm³/mol. The second-order valence-electron chi connectivity index (χ2n) is 3.88. The van der Waals surface area contributed by atoms with Crippen LogP contribution in [0.1, 0.15) is 12.0 Å². The van der Waals surface area contributed by atoms with Gasteiger partial charge in [-0.05, 0) is 18.2 Å². The summed E-state index contributed by atoms with van der Waals surface area (Å²) in [4.78, 5) is 22.3. The molecule has 7 heteroatoms. The molecule has 1 atom stereocenters. The van der Waals surface area contributed by atoms with Crippen LogP contribution in [0.25, 0.3) is 6.08 Å². The lowest BCUT2D eigenvalue weighted by Crippen LogP contribution is -2.40. The van der Waals surface area contributed by atoms with E-state index in [1.54, 1.807) is 0 Å². The van der Waals surface area contributed by atoms with Crippen molar-refractivity contribution in [1.82, 2.24) is 5.32 Å². The third-order valence-corrected chi connectivity index (χ3v) is 2.76. The summed E-state index contributed by atoms with van der Waals surface area (Å²) in [5.41, 5.74) is 0.0401. The lowest BCUT2D eigenvalue weighted by molar-refractivity contribution is -0.141. The van der Waals surface area contributed by atoms with Gasteiger partial charge in [0.15, 0.2) is 0 Å². The van der Waals surface area contributed by atoms with Gasteiger partial charge in [0.25, 0.3) is 0 Å². The van der Waals surface area contributed by atoms with Crippen molar-refractivity contribution >= 4 is 29.6 Å². The first-order valence-electron chi connectivity index (χ1n) is 5.72. The van der Waals surface area contributed by atoms with Crippen molar-refractivity contribution in [2.24, 2.45) is 0 Å². The molecule has 1 aromatic rings. The van der Waals surface area contributed by atoms with Gasteiger partial charge in [0, 0.05) is 24.7 Å². The highest BCUT2D eigenvalue weighted by Crippen LogP contribution is 2.20. The summed E-state index contributed by atoms with van der Waals surface area (Å²) in [7, 11) is 0. The van der Waals surface area contributed by atoms with E-state index >= 15 is 0 Å². The first kappa shape index (κ1) is 16.1. The van der Waals surface area contributed by atoms with E-state index in [4.69, 9.17) is 21.8 Å². The zero-order chi connectivity index (χ0) is 15.1. The minimum absolute atomic E-state index is 0.0401. The Morgan fingerprint density at radius 1 is 1.45 bits per heavy atom. The Labute approximate surface area is 119 Å². The van der Waals surface area contributed by atoms with Crippen molar-refractivity contribution in [1.29, 1.82) is 0 Å². The Morgan fingerprint density at radius 2 is 2.15 bits per heavy atom. The zero-order valence-corrected chi connectivity index (χ0v) is 11.1. The summed E-state index contributed by atoms with van der Waals surface area (Å²) in [6.45, 7) is -0.375. The zero-order valence-electron chi connectivity index (χ0n) is 10.3. The molecule has 1 unspecified atom stereocenters. The lowest BCUT2D eigenvalue weighted by atomic mass is 10.2. The van der Waals surface area contributed by atoms with Crippen molar-refractivity contribution in [2.45, 2.75) is 12.5 Å². The quantitative estimate of drug-likeness (QED) is 0.694. The molecule has 0 radical (unpaired) electrons. The predicted octanol–water partition coefficient (Wildman–Crippen LogP) is 1.44. The van der Waals surface area contributed by atoms with Crippen LogP contribution >= 0.6 is 11.6 Å². The number of carboxylic acids is 1. The molecule has 0 bridgehead atoms. The summed E-state index contributed by atoms with van der Waals surface area (Å²) >= 11 is 5.77. The second kappa shape index (κ2) is 7.62. The molecular weight excluding hydrogens is 289 g/mol. The molecule has 0 fully saturated rings. The summed E-state index contributed by atoms with van der Waals surface area (Å²) in [6, 6.07) is 2.88. The van der Waals surface area contributed by atoms with Crippen LogP contribution in [0.3, 0.4) is 0 Å². The van der Waals surface area contributed by atoms with E-state index in [1.165, 1.54) is 18.2 Å². The van der Waals surface area contributed by atoms with Gasteiger partial charge in [0.1, 0.15) is 11.9 Å². The number of hydrogen-bond acceptors (Lipinski definition) is 3. The van der Waals surface area contributed by atoms with Gasteiger partial charge in [-0.1, -0.05) is 17.7 Å². The Kier molecular flexibility index (Phi) is 6.14. The third kappa shape index (κ3) is 4.64. The highest BCUT2D eigenvalue weighted by molar-refractivity contribution is 6.32. The van der Waals surface area contributed by atoms with Gasteiger partial charge in [0.05, 0.1) is 5.02 Å². The number of benzene rings is 1. The molecule has 0 spiro atoms. The minimum atomic E-state index is -1.26. The van der Waals surface area contributed by atoms with Crippen LogP contribution in [-0.2, 0) is 9.59 Å². The second-order valence-corrected chi connectivity index (χ2v) is 4.29. The molecule has 20 heavy (non-hydrogen) atoms. The molecule has 3 N–H and O–H groups in total. The molecule has 0 aliphatic carbocycles. The van der Waals surface area contributed by atoms with Crippen molar-refractivity contribution in [3.8, 4) is 0 Å². The Balaban J connectivity index is 2.75. The molecule has 108 valence electrons. The summed E-state index contributed by atoms with van der Waals surface area (Å²) < 4.78 is 13.4. The molecule has 0 saturated heterocycles. The Hall–Kier alpha value is -1.92. The van der Waals surface area contributed by atoms with Gasteiger partial charge in [-0.3, -0.25) is 4.79 Å². The normalized spacial score (nSPS) is 12.3. The molecule has 5 nitrogen and oxygen atoms in total. The van der Waals surface area contributed by atoms with Crippen LogP contribution in [0.15, 0.2) is 24.3 Å². The molecule has 1 amide bonds. The van der Waals surface area contributed by atoms with E-state index in [1.807, 2.05) is 0 Å². The molecule has 0 aliphatic rings. The standard InChI is InChI=1S/C13H13ClFNO4/c14-9-2-1-3-10(15)8(9)4-5-12(18)16-11(6-7-17)13(19)20/h1-5,11,17H,6-7H2,(H,16,18)(H,19,20)/b5-4+. The summed E-state index contributed by atoms with van der Waals surface area (Å²) in [6.07, 6.45) is 2.03. The van der Waals surface area contributed by atoms with Crippen LogP contribution < -0.4 is 5.32 Å². The van der Waals surface area contributed by atoms with E-state index in [9.17, 15) is 14.0 Å². The number of nitrogens with one attached hydrogen (secondary N) is 1. The van der Waals surface area contributed by atoms with Crippen LogP contribution in [0, 0.1) is 5.82 Å². The maximum atomic E-state index is 13.4. The number of hydrogen-bond donors (Lipinski definition) is 3. The topological polar surface area (TPSA) is 86.6 Å². The van der Waals surface area contributed by atoms with Gasteiger partial charge in [0.2, 0.25) is 5.91 Å². The maximum absolute atomic E-state index is 13.4. The fourth-order valence-corrected chi connectivity index (χ4v) is 1.66. The van der Waals surface area contributed by atoms with E-state index < -0.39 is 23.7 Å². The molecule has 0 heterocycles. The van der Waals surface area contributed by atoms with Crippen molar-refractivity contribution < 1.29 is 24.2 Å². The fraction of sp³-hybridized carbons (Fsp3) is 0.231.